The molecular weight excluding hydrogens is 469 g/mol. The van der Waals surface area contributed by atoms with E-state index >= 15 is 0 Å². The fraction of sp³-hybridized carbons (Fsp3) is 0.143. The number of hydrogen-bond acceptors (Lipinski definition) is 3. The second-order valence-electron chi connectivity index (χ2n) is 8.76. The second-order valence-corrected chi connectivity index (χ2v) is 8.76. The normalized spacial score (nSPS) is 12.3. The first-order valence-corrected chi connectivity index (χ1v) is 11.0. The van der Waals surface area contributed by atoms with E-state index in [0.717, 1.165) is 28.8 Å². The molecule has 4 aromatic rings. The van der Waals surface area contributed by atoms with Crippen molar-refractivity contribution in [3.05, 3.63) is 102 Å². The van der Waals surface area contributed by atoms with Gasteiger partial charge in [-0.1, -0.05) is 54.6 Å². The Balaban J connectivity index is 1.75. The van der Waals surface area contributed by atoms with Crippen molar-refractivity contribution in [2.75, 3.05) is 0 Å². The third kappa shape index (κ3) is 5.39. The second kappa shape index (κ2) is 9.47. The molecule has 184 valence electrons. The van der Waals surface area contributed by atoms with Gasteiger partial charge in [0.05, 0.1) is 11.3 Å². The van der Waals surface area contributed by atoms with Crippen molar-refractivity contribution in [2.24, 2.45) is 0 Å². The van der Waals surface area contributed by atoms with Gasteiger partial charge >= 0.3 is 12.1 Å². The van der Waals surface area contributed by atoms with Crippen molar-refractivity contribution in [1.82, 2.24) is 9.55 Å². The van der Waals surface area contributed by atoms with Crippen LogP contribution in [0.3, 0.4) is 0 Å². The number of carbonyl (C=O) groups is 1. The molecule has 0 radical (unpaired) electrons. The van der Waals surface area contributed by atoms with Gasteiger partial charge in [-0.3, -0.25) is 4.57 Å². The Bertz CT molecular complexity index is 1410. The lowest BCUT2D eigenvalue weighted by molar-refractivity contribution is -0.137. The molecule has 0 aliphatic rings. The average molecular weight is 492 g/mol. The lowest BCUT2D eigenvalue weighted by atomic mass is 10.0. The molecule has 5 nitrogen and oxygen atoms in total. The number of alkyl halides is 3. The number of halogens is 3. The van der Waals surface area contributed by atoms with Crippen LogP contribution in [0.2, 0.25) is 0 Å². The molecule has 0 bridgehead atoms. The van der Waals surface area contributed by atoms with Gasteiger partial charge in [0.15, 0.2) is 0 Å². The highest BCUT2D eigenvalue weighted by molar-refractivity contribution is 5.85. The van der Waals surface area contributed by atoms with Crippen molar-refractivity contribution >= 4 is 12.0 Å². The summed E-state index contributed by atoms with van der Waals surface area (Å²) in [4.78, 5) is 15.1. The first-order valence-electron chi connectivity index (χ1n) is 11.0. The first-order chi connectivity index (χ1) is 16.9. The van der Waals surface area contributed by atoms with Crippen LogP contribution in [-0.2, 0) is 16.6 Å². The minimum atomic E-state index is -4.57. The zero-order valence-electron chi connectivity index (χ0n) is 19.5. The average Bonchev–Trinajstić information content (AvgIpc) is 3.29. The smallest absolute Gasteiger partial charge is 0.417 e. The highest BCUT2D eigenvalue weighted by atomic mass is 19.4. The van der Waals surface area contributed by atoms with Gasteiger partial charge in [-0.25, -0.2) is 9.78 Å². The monoisotopic (exact) mass is 492 g/mol. The molecule has 0 aliphatic carbocycles. The molecule has 2 N–H and O–H groups in total. The molecule has 0 aliphatic heterocycles. The summed E-state index contributed by atoms with van der Waals surface area (Å²) >= 11 is 0. The zero-order chi connectivity index (χ0) is 26.1. The van der Waals surface area contributed by atoms with E-state index in [-0.39, 0.29) is 17.1 Å². The lowest BCUT2D eigenvalue weighted by Crippen LogP contribution is -2.15. The minimum absolute atomic E-state index is 0.0716. The van der Waals surface area contributed by atoms with Crippen molar-refractivity contribution in [2.45, 2.75) is 25.6 Å². The summed E-state index contributed by atoms with van der Waals surface area (Å²) in [5, 5.41) is 19.3. The molecule has 0 atom stereocenters. The topological polar surface area (TPSA) is 75.4 Å². The third-order valence-corrected chi connectivity index (χ3v) is 5.61. The largest absolute Gasteiger partial charge is 0.478 e. The van der Waals surface area contributed by atoms with Gasteiger partial charge < -0.3 is 10.2 Å². The molecule has 0 saturated carbocycles. The van der Waals surface area contributed by atoms with Crippen LogP contribution in [0.5, 0.6) is 0 Å². The number of aliphatic carboxylic acids is 1. The molecular formula is C28H23F3N2O3. The maximum Gasteiger partial charge on any atom is 0.417 e. The van der Waals surface area contributed by atoms with E-state index in [0.29, 0.717) is 5.69 Å². The summed E-state index contributed by atoms with van der Waals surface area (Å²) in [7, 11) is 0. The number of aromatic nitrogens is 2. The summed E-state index contributed by atoms with van der Waals surface area (Å²) in [5.41, 5.74) is 1.06. The number of nitrogens with zero attached hydrogens (tertiary/aromatic N) is 2. The predicted molar refractivity (Wildman–Crippen MR) is 131 cm³/mol. The van der Waals surface area contributed by atoms with E-state index < -0.39 is 23.3 Å². The Hall–Kier alpha value is -4.17. The molecule has 0 unspecified atom stereocenters. The van der Waals surface area contributed by atoms with Crippen molar-refractivity contribution in [3.8, 4) is 28.2 Å². The number of rotatable bonds is 6. The molecule has 0 fully saturated rings. The molecule has 0 saturated heterocycles. The van der Waals surface area contributed by atoms with E-state index in [4.69, 9.17) is 5.11 Å². The third-order valence-electron chi connectivity index (χ3n) is 5.61. The van der Waals surface area contributed by atoms with Gasteiger partial charge in [0.2, 0.25) is 0 Å². The maximum atomic E-state index is 13.7. The zero-order valence-corrected chi connectivity index (χ0v) is 19.5. The number of benzene rings is 3. The van der Waals surface area contributed by atoms with Crippen molar-refractivity contribution in [3.63, 3.8) is 0 Å². The lowest BCUT2D eigenvalue weighted by Gasteiger charge is -2.14. The van der Waals surface area contributed by atoms with Gasteiger partial charge in [-0.05, 0) is 54.8 Å². The molecule has 8 heteroatoms. The number of aliphatic hydroxyl groups is 1. The quantitative estimate of drug-likeness (QED) is 0.299. The Morgan fingerprint density at radius 3 is 2.06 bits per heavy atom. The molecule has 36 heavy (non-hydrogen) atoms. The van der Waals surface area contributed by atoms with E-state index in [2.05, 4.69) is 4.98 Å². The first kappa shape index (κ1) is 24.9. The fourth-order valence-electron chi connectivity index (χ4n) is 3.76. The molecule has 4 rings (SSSR count). The van der Waals surface area contributed by atoms with E-state index in [1.54, 1.807) is 35.0 Å². The van der Waals surface area contributed by atoms with Crippen LogP contribution in [0.25, 0.3) is 34.3 Å². The van der Waals surface area contributed by atoms with Crippen LogP contribution in [0, 0.1) is 0 Å². The van der Waals surface area contributed by atoms with Crippen LogP contribution in [0.1, 0.15) is 30.7 Å². The summed E-state index contributed by atoms with van der Waals surface area (Å²) < 4.78 is 42.8. The van der Waals surface area contributed by atoms with Gasteiger partial charge in [0.1, 0.15) is 11.4 Å². The van der Waals surface area contributed by atoms with Crippen LogP contribution in [0.15, 0.2) is 85.1 Å². The number of carboxylic acids is 1. The van der Waals surface area contributed by atoms with Crippen LogP contribution >= 0.6 is 0 Å². The van der Waals surface area contributed by atoms with E-state index in [9.17, 15) is 23.1 Å². The maximum absolute atomic E-state index is 13.7. The highest BCUT2D eigenvalue weighted by Gasteiger charge is 2.35. The number of carboxylic acid groups (broad SMARTS) is 1. The standard InChI is InChI=1S/C28H23F3N2O3/c1-27(2,36)24-17-33(26(32-24)22-5-3-4-6-23(22)28(29,30)31)21-14-12-20(13-15-21)19-10-7-18(8-11-19)9-16-25(34)35/h3-17,36H,1-2H3,(H,34,35)/b16-9+. The van der Waals surface area contributed by atoms with Gasteiger partial charge in [-0.15, -0.1) is 0 Å². The Kier molecular flexibility index (Phi) is 6.56. The van der Waals surface area contributed by atoms with Crippen LogP contribution in [-0.4, -0.2) is 25.7 Å². The molecule has 0 spiro atoms. The van der Waals surface area contributed by atoms with Gasteiger partial charge in [0.25, 0.3) is 0 Å². The molecule has 1 heterocycles. The predicted octanol–water partition coefficient (Wildman–Crippen LogP) is 6.55. The highest BCUT2D eigenvalue weighted by Crippen LogP contribution is 2.38. The minimum Gasteiger partial charge on any atom is -0.478 e. The Morgan fingerprint density at radius 1 is 0.917 bits per heavy atom. The molecule has 1 aromatic heterocycles. The summed E-state index contributed by atoms with van der Waals surface area (Å²) in [6.45, 7) is 3.05. The number of imidazole rings is 1. The summed E-state index contributed by atoms with van der Waals surface area (Å²) in [6.07, 6.45) is -0.473. The summed E-state index contributed by atoms with van der Waals surface area (Å²) in [6, 6.07) is 19.7. The van der Waals surface area contributed by atoms with Gasteiger partial charge in [0, 0.05) is 23.5 Å². The van der Waals surface area contributed by atoms with Crippen molar-refractivity contribution in [1.29, 1.82) is 0 Å². The van der Waals surface area contributed by atoms with E-state index in [1.807, 2.05) is 24.3 Å². The fourth-order valence-corrected chi connectivity index (χ4v) is 3.76. The van der Waals surface area contributed by atoms with Gasteiger partial charge in [-0.2, -0.15) is 13.2 Å². The van der Waals surface area contributed by atoms with Crippen molar-refractivity contribution < 1.29 is 28.2 Å². The van der Waals surface area contributed by atoms with Crippen LogP contribution < -0.4 is 0 Å². The summed E-state index contributed by atoms with van der Waals surface area (Å²) in [5.74, 6) is -0.957. The Morgan fingerprint density at radius 2 is 1.50 bits per heavy atom. The van der Waals surface area contributed by atoms with E-state index in [1.165, 1.54) is 38.1 Å². The molecule has 3 aromatic carbocycles. The molecule has 0 amide bonds. The SMILES string of the molecule is CC(C)(O)c1cn(-c2ccc(-c3ccc(/C=C/C(=O)O)cc3)cc2)c(-c2ccccc2C(F)(F)F)n1. The van der Waals surface area contributed by atoms with Crippen LogP contribution in [0.4, 0.5) is 13.2 Å². The number of hydrogen-bond donors (Lipinski definition) is 2. The Labute approximate surface area is 205 Å².